The van der Waals surface area contributed by atoms with Gasteiger partial charge in [-0.15, -0.1) is 0 Å². The molecule has 0 bridgehead atoms. The third-order valence-corrected chi connectivity index (χ3v) is 4.76. The maximum Gasteiger partial charge on any atom is 0.273 e. The summed E-state index contributed by atoms with van der Waals surface area (Å²) in [5, 5.41) is 9.31. The maximum atomic E-state index is 12.2. The Kier molecular flexibility index (Phi) is 4.63. The van der Waals surface area contributed by atoms with Crippen LogP contribution in [0.2, 0.25) is 0 Å². The molecule has 0 saturated heterocycles. The van der Waals surface area contributed by atoms with Crippen LogP contribution in [0.1, 0.15) is 62.1 Å². The van der Waals surface area contributed by atoms with Gasteiger partial charge in [0.05, 0.1) is 5.69 Å². The van der Waals surface area contributed by atoms with Gasteiger partial charge in [-0.05, 0) is 32.1 Å². The molecular formula is C13H20ClN3O3S. The van der Waals surface area contributed by atoms with Crippen molar-refractivity contribution in [2.24, 2.45) is 5.92 Å². The normalized spacial score (nSPS) is 17.0. The number of carbonyl (C=O) groups is 1. The second-order valence-corrected chi connectivity index (χ2v) is 8.53. The molecule has 1 aliphatic rings. The first-order valence-electron chi connectivity index (χ1n) is 7.04. The number of rotatable bonds is 6. The predicted octanol–water partition coefficient (Wildman–Crippen LogP) is 2.38. The zero-order valence-corrected chi connectivity index (χ0v) is 13.9. The zero-order chi connectivity index (χ0) is 15.8. The fourth-order valence-corrected chi connectivity index (χ4v) is 3.77. The van der Waals surface area contributed by atoms with E-state index in [1.165, 1.54) is 0 Å². The highest BCUT2D eigenvalue weighted by Crippen LogP contribution is 2.43. The van der Waals surface area contributed by atoms with E-state index in [4.69, 9.17) is 10.7 Å². The lowest BCUT2D eigenvalue weighted by molar-refractivity contribution is 0.0927. The molecule has 2 N–H and O–H groups in total. The highest BCUT2D eigenvalue weighted by Gasteiger charge is 2.36. The topological polar surface area (TPSA) is 91.9 Å². The van der Waals surface area contributed by atoms with E-state index in [0.29, 0.717) is 11.6 Å². The third-order valence-electron chi connectivity index (χ3n) is 3.39. The Morgan fingerprint density at radius 2 is 2.05 bits per heavy atom. The Morgan fingerprint density at radius 1 is 1.43 bits per heavy atom. The van der Waals surface area contributed by atoms with Crippen molar-refractivity contribution >= 4 is 25.6 Å². The number of aromatic nitrogens is 2. The van der Waals surface area contributed by atoms with E-state index < -0.39 is 15.0 Å². The van der Waals surface area contributed by atoms with Gasteiger partial charge >= 0.3 is 0 Å². The second-order valence-electron chi connectivity index (χ2n) is 6.03. The van der Waals surface area contributed by atoms with E-state index in [2.05, 4.69) is 29.4 Å². The lowest BCUT2D eigenvalue weighted by Gasteiger charge is -2.15. The number of amides is 1. The molecule has 6 nitrogen and oxygen atoms in total. The summed E-state index contributed by atoms with van der Waals surface area (Å²) in [7, 11) is 1.47. The summed E-state index contributed by atoms with van der Waals surface area (Å²) >= 11 is 0. The van der Waals surface area contributed by atoms with Gasteiger partial charge in [0.15, 0.2) is 5.69 Å². The molecule has 0 aromatic carbocycles. The molecule has 1 aromatic heterocycles. The second kappa shape index (κ2) is 5.96. The van der Waals surface area contributed by atoms with Crippen molar-refractivity contribution in [3.05, 3.63) is 11.4 Å². The number of H-pyrrole nitrogens is 1. The minimum atomic E-state index is -4.01. The number of carbonyl (C=O) groups excluding carboxylic acids is 1. The zero-order valence-electron chi connectivity index (χ0n) is 12.3. The molecule has 1 atom stereocenters. The first kappa shape index (κ1) is 16.3. The number of nitrogens with zero attached hydrogens (tertiary/aromatic N) is 1. The highest BCUT2D eigenvalue weighted by molar-refractivity contribution is 8.13. The van der Waals surface area contributed by atoms with Crippen LogP contribution in [0.15, 0.2) is 4.90 Å². The van der Waals surface area contributed by atoms with Gasteiger partial charge in [0.25, 0.3) is 15.0 Å². The molecule has 8 heteroatoms. The Balaban J connectivity index is 2.25. The van der Waals surface area contributed by atoms with E-state index in [0.717, 1.165) is 19.3 Å². The first-order valence-corrected chi connectivity index (χ1v) is 9.34. The minimum absolute atomic E-state index is 0.0653. The average Bonchev–Trinajstić information content (AvgIpc) is 3.04. The van der Waals surface area contributed by atoms with E-state index in [9.17, 15) is 13.2 Å². The fraction of sp³-hybridized carbons (Fsp3) is 0.692. The van der Waals surface area contributed by atoms with Crippen LogP contribution in [0.5, 0.6) is 0 Å². The number of hydrogen-bond donors (Lipinski definition) is 2. The van der Waals surface area contributed by atoms with Gasteiger partial charge in [-0.2, -0.15) is 5.10 Å². The maximum absolute atomic E-state index is 12.2. The van der Waals surface area contributed by atoms with Gasteiger partial charge < -0.3 is 5.32 Å². The molecule has 0 aliphatic heterocycles. The van der Waals surface area contributed by atoms with Gasteiger partial charge in [0.1, 0.15) is 4.90 Å². The van der Waals surface area contributed by atoms with E-state index >= 15 is 0 Å². The summed E-state index contributed by atoms with van der Waals surface area (Å²) < 4.78 is 23.5. The van der Waals surface area contributed by atoms with Crippen molar-refractivity contribution in [1.82, 2.24) is 15.5 Å². The van der Waals surface area contributed by atoms with Crippen molar-refractivity contribution in [3.63, 3.8) is 0 Å². The molecule has 2 rings (SSSR count). The summed E-state index contributed by atoms with van der Waals surface area (Å²) in [5.41, 5.74) is 0.314. The van der Waals surface area contributed by atoms with Crippen molar-refractivity contribution in [3.8, 4) is 0 Å². The Bertz CT molecular complexity index is 635. The summed E-state index contributed by atoms with van der Waals surface area (Å²) in [6, 6.07) is -0.0653. The molecule has 0 radical (unpaired) electrons. The molecule has 118 valence electrons. The monoisotopic (exact) mass is 333 g/mol. The van der Waals surface area contributed by atoms with Gasteiger partial charge in [-0.1, -0.05) is 13.8 Å². The Hall–Kier alpha value is -1.08. The molecule has 21 heavy (non-hydrogen) atoms. The van der Waals surface area contributed by atoms with Gasteiger partial charge in [-0.3, -0.25) is 9.89 Å². The molecule has 1 unspecified atom stereocenters. The molecule has 1 saturated carbocycles. The number of aromatic amines is 1. The molecule has 0 spiro atoms. The van der Waals surface area contributed by atoms with E-state index in [-0.39, 0.29) is 22.5 Å². The Morgan fingerprint density at radius 3 is 2.52 bits per heavy atom. The van der Waals surface area contributed by atoms with Crippen LogP contribution in [0.4, 0.5) is 0 Å². The SMILES string of the molecule is CC(C)CC(C)NC(=O)c1n[nH]c(C2CC2)c1S(=O)(=O)Cl. The van der Waals surface area contributed by atoms with Crippen LogP contribution in [-0.2, 0) is 9.05 Å². The molecule has 1 aliphatic carbocycles. The Labute approximate surface area is 129 Å². The van der Waals surface area contributed by atoms with Crippen molar-refractivity contribution < 1.29 is 13.2 Å². The van der Waals surface area contributed by atoms with Crippen LogP contribution in [0.3, 0.4) is 0 Å². The van der Waals surface area contributed by atoms with Crippen LogP contribution in [-0.4, -0.2) is 30.6 Å². The average molecular weight is 334 g/mol. The van der Waals surface area contributed by atoms with E-state index in [1.807, 2.05) is 6.92 Å². The summed E-state index contributed by atoms with van der Waals surface area (Å²) in [4.78, 5) is 12.1. The third kappa shape index (κ3) is 3.97. The molecule has 1 heterocycles. The standard InChI is InChI=1S/C13H20ClN3O3S/c1-7(2)6-8(3)15-13(18)11-12(21(14,19)20)10(16-17-11)9-4-5-9/h7-9H,4-6H2,1-3H3,(H,15,18)(H,16,17). The highest BCUT2D eigenvalue weighted by atomic mass is 35.7. The quantitative estimate of drug-likeness (QED) is 0.782. The number of nitrogens with one attached hydrogen (secondary N) is 2. The van der Waals surface area contributed by atoms with E-state index in [1.54, 1.807) is 0 Å². The number of hydrogen-bond acceptors (Lipinski definition) is 4. The predicted molar refractivity (Wildman–Crippen MR) is 80.0 cm³/mol. The van der Waals surface area contributed by atoms with Crippen molar-refractivity contribution in [2.75, 3.05) is 0 Å². The smallest absolute Gasteiger partial charge is 0.273 e. The summed E-state index contributed by atoms with van der Waals surface area (Å²) in [6.07, 6.45) is 2.56. The summed E-state index contributed by atoms with van der Waals surface area (Å²) in [5.74, 6) is 0.0268. The summed E-state index contributed by atoms with van der Waals surface area (Å²) in [6.45, 7) is 5.98. The van der Waals surface area contributed by atoms with Gasteiger partial charge in [0, 0.05) is 22.6 Å². The lowest BCUT2D eigenvalue weighted by Crippen LogP contribution is -2.34. The van der Waals surface area contributed by atoms with Crippen LogP contribution in [0.25, 0.3) is 0 Å². The lowest BCUT2D eigenvalue weighted by atomic mass is 10.1. The molecule has 1 amide bonds. The van der Waals surface area contributed by atoms with Crippen LogP contribution < -0.4 is 5.32 Å². The van der Waals surface area contributed by atoms with Gasteiger partial charge in [-0.25, -0.2) is 8.42 Å². The van der Waals surface area contributed by atoms with Gasteiger partial charge in [0.2, 0.25) is 0 Å². The molecular weight excluding hydrogens is 314 g/mol. The molecule has 1 aromatic rings. The van der Waals surface area contributed by atoms with Crippen LogP contribution in [0, 0.1) is 5.92 Å². The number of halogens is 1. The van der Waals surface area contributed by atoms with Crippen molar-refractivity contribution in [1.29, 1.82) is 0 Å². The van der Waals surface area contributed by atoms with Crippen LogP contribution >= 0.6 is 10.7 Å². The minimum Gasteiger partial charge on any atom is -0.348 e. The fourth-order valence-electron chi connectivity index (χ4n) is 2.45. The first-order chi connectivity index (χ1) is 9.70. The van der Waals surface area contributed by atoms with Crippen molar-refractivity contribution in [2.45, 2.75) is 56.9 Å². The largest absolute Gasteiger partial charge is 0.348 e. The molecule has 1 fully saturated rings.